The lowest BCUT2D eigenvalue weighted by Gasteiger charge is -2.10. The molecule has 3 aromatic rings. The minimum atomic E-state index is -0.929. The van der Waals surface area contributed by atoms with Gasteiger partial charge in [-0.2, -0.15) is 0 Å². The number of nitrogens with zero attached hydrogens (tertiary/aromatic N) is 3. The normalized spacial score (nSPS) is 10.6. The molecule has 2 heterocycles. The largest absolute Gasteiger partial charge is 0.478 e. The summed E-state index contributed by atoms with van der Waals surface area (Å²) >= 11 is 3.39. The highest BCUT2D eigenvalue weighted by molar-refractivity contribution is 9.10. The van der Waals surface area contributed by atoms with E-state index in [0.717, 1.165) is 21.4 Å². The van der Waals surface area contributed by atoms with Crippen molar-refractivity contribution in [1.82, 2.24) is 14.5 Å². The molecule has 2 aromatic heterocycles. The Bertz CT molecular complexity index is 830. The third-order valence-corrected chi connectivity index (χ3v) is 3.70. The van der Waals surface area contributed by atoms with E-state index in [9.17, 15) is 9.90 Å². The summed E-state index contributed by atoms with van der Waals surface area (Å²) in [6, 6.07) is 8.90. The highest BCUT2D eigenvalue weighted by Gasteiger charge is 2.12. The van der Waals surface area contributed by atoms with Crippen molar-refractivity contribution < 1.29 is 9.90 Å². The van der Waals surface area contributed by atoms with Gasteiger partial charge in [-0.25, -0.2) is 9.78 Å². The standard InChI is InChI=1S/C16H12BrN3O2/c17-13-7-12(8-18-9-13)15-19-5-6-20(15)10-11-3-1-2-4-14(11)16(21)22/h1-9H,10H2,(H,21,22). The minimum Gasteiger partial charge on any atom is -0.478 e. The number of benzene rings is 1. The van der Waals surface area contributed by atoms with Crippen molar-refractivity contribution in [3.63, 3.8) is 0 Å². The Morgan fingerprint density at radius 1 is 1.27 bits per heavy atom. The molecular formula is C16H12BrN3O2. The maximum atomic E-state index is 11.3. The lowest BCUT2D eigenvalue weighted by atomic mass is 10.1. The van der Waals surface area contributed by atoms with Crippen LogP contribution in [-0.2, 0) is 6.54 Å². The Labute approximate surface area is 135 Å². The van der Waals surface area contributed by atoms with E-state index < -0.39 is 5.97 Å². The second kappa shape index (κ2) is 6.11. The van der Waals surface area contributed by atoms with Gasteiger partial charge in [0.2, 0.25) is 0 Å². The van der Waals surface area contributed by atoms with Crippen LogP contribution < -0.4 is 0 Å². The van der Waals surface area contributed by atoms with Crippen LogP contribution in [0.4, 0.5) is 0 Å². The number of rotatable bonds is 4. The first-order valence-electron chi connectivity index (χ1n) is 6.58. The van der Waals surface area contributed by atoms with Crippen LogP contribution in [0.5, 0.6) is 0 Å². The molecule has 22 heavy (non-hydrogen) atoms. The molecule has 110 valence electrons. The topological polar surface area (TPSA) is 68.0 Å². The number of halogens is 1. The second-order valence-corrected chi connectivity index (χ2v) is 5.65. The van der Waals surface area contributed by atoms with Gasteiger partial charge in [-0.05, 0) is 33.6 Å². The highest BCUT2D eigenvalue weighted by atomic mass is 79.9. The first-order valence-corrected chi connectivity index (χ1v) is 7.37. The van der Waals surface area contributed by atoms with Gasteiger partial charge >= 0.3 is 5.97 Å². The van der Waals surface area contributed by atoms with E-state index >= 15 is 0 Å². The van der Waals surface area contributed by atoms with Gasteiger partial charge in [0.15, 0.2) is 0 Å². The SMILES string of the molecule is O=C(O)c1ccccc1Cn1ccnc1-c1cncc(Br)c1. The van der Waals surface area contributed by atoms with E-state index in [-0.39, 0.29) is 0 Å². The molecule has 6 heteroatoms. The highest BCUT2D eigenvalue weighted by Crippen LogP contribution is 2.22. The van der Waals surface area contributed by atoms with Crippen LogP contribution in [0.15, 0.2) is 59.6 Å². The monoisotopic (exact) mass is 357 g/mol. The summed E-state index contributed by atoms with van der Waals surface area (Å²) in [7, 11) is 0. The number of carbonyl (C=O) groups is 1. The molecule has 5 nitrogen and oxygen atoms in total. The summed E-state index contributed by atoms with van der Waals surface area (Å²) in [5.41, 5.74) is 1.90. The zero-order valence-corrected chi connectivity index (χ0v) is 13.1. The number of pyridine rings is 1. The number of carboxylic acid groups (broad SMARTS) is 1. The fourth-order valence-electron chi connectivity index (χ4n) is 2.28. The third-order valence-electron chi connectivity index (χ3n) is 3.27. The summed E-state index contributed by atoms with van der Waals surface area (Å²) in [5.74, 6) is -0.185. The Morgan fingerprint density at radius 2 is 2.09 bits per heavy atom. The molecule has 0 aliphatic rings. The zero-order valence-electron chi connectivity index (χ0n) is 11.5. The number of hydrogen-bond acceptors (Lipinski definition) is 3. The molecule has 0 radical (unpaired) electrons. The second-order valence-electron chi connectivity index (χ2n) is 4.73. The molecule has 0 fully saturated rings. The lowest BCUT2D eigenvalue weighted by molar-refractivity contribution is 0.0695. The Kier molecular flexibility index (Phi) is 4.02. The molecule has 0 atom stereocenters. The van der Waals surface area contributed by atoms with Gasteiger partial charge in [-0.3, -0.25) is 4.98 Å². The molecule has 0 unspecified atom stereocenters. The van der Waals surface area contributed by atoms with Crippen molar-refractivity contribution in [1.29, 1.82) is 0 Å². The molecule has 0 amide bonds. The van der Waals surface area contributed by atoms with E-state index in [2.05, 4.69) is 25.9 Å². The molecule has 0 saturated heterocycles. The van der Waals surface area contributed by atoms with Crippen LogP contribution >= 0.6 is 15.9 Å². The molecular weight excluding hydrogens is 346 g/mol. The van der Waals surface area contributed by atoms with Gasteiger partial charge in [-0.1, -0.05) is 18.2 Å². The first kappa shape index (κ1) is 14.5. The first-order chi connectivity index (χ1) is 10.6. The van der Waals surface area contributed by atoms with Crippen molar-refractivity contribution in [3.05, 3.63) is 70.7 Å². The number of aromatic carboxylic acids is 1. The van der Waals surface area contributed by atoms with E-state index in [4.69, 9.17) is 0 Å². The average molecular weight is 358 g/mol. The van der Waals surface area contributed by atoms with Gasteiger partial charge in [0.05, 0.1) is 5.56 Å². The maximum absolute atomic E-state index is 11.3. The number of hydrogen-bond donors (Lipinski definition) is 1. The van der Waals surface area contributed by atoms with E-state index in [1.807, 2.05) is 29.0 Å². The number of aromatic nitrogens is 3. The quantitative estimate of drug-likeness (QED) is 0.776. The fraction of sp³-hybridized carbons (Fsp3) is 0.0625. The smallest absolute Gasteiger partial charge is 0.336 e. The predicted octanol–water partition coefficient (Wildman–Crippen LogP) is 3.45. The molecule has 0 aliphatic heterocycles. The van der Waals surface area contributed by atoms with Crippen molar-refractivity contribution in [2.75, 3.05) is 0 Å². The van der Waals surface area contributed by atoms with E-state index in [0.29, 0.717) is 12.1 Å². The van der Waals surface area contributed by atoms with E-state index in [1.54, 1.807) is 30.7 Å². The van der Waals surface area contributed by atoms with Crippen LogP contribution in [0.1, 0.15) is 15.9 Å². The van der Waals surface area contributed by atoms with Crippen LogP contribution in [-0.4, -0.2) is 25.6 Å². The summed E-state index contributed by atoms with van der Waals surface area (Å²) in [4.78, 5) is 19.8. The third kappa shape index (κ3) is 2.92. The Balaban J connectivity index is 1.99. The van der Waals surface area contributed by atoms with Crippen molar-refractivity contribution >= 4 is 21.9 Å². The summed E-state index contributed by atoms with van der Waals surface area (Å²) in [6.45, 7) is 0.435. The molecule has 0 bridgehead atoms. The van der Waals surface area contributed by atoms with Crippen molar-refractivity contribution in [3.8, 4) is 11.4 Å². The van der Waals surface area contributed by atoms with Gasteiger partial charge < -0.3 is 9.67 Å². The fourth-order valence-corrected chi connectivity index (χ4v) is 2.65. The summed E-state index contributed by atoms with van der Waals surface area (Å²) < 4.78 is 2.77. The molecule has 0 saturated carbocycles. The van der Waals surface area contributed by atoms with Gasteiger partial charge in [0.25, 0.3) is 0 Å². The van der Waals surface area contributed by atoms with Crippen LogP contribution in [0.3, 0.4) is 0 Å². The maximum Gasteiger partial charge on any atom is 0.336 e. The van der Waals surface area contributed by atoms with Crippen molar-refractivity contribution in [2.45, 2.75) is 6.54 Å². The van der Waals surface area contributed by atoms with E-state index in [1.165, 1.54) is 0 Å². The van der Waals surface area contributed by atoms with Gasteiger partial charge in [0.1, 0.15) is 5.82 Å². The molecule has 1 aromatic carbocycles. The van der Waals surface area contributed by atoms with Gasteiger partial charge in [-0.15, -0.1) is 0 Å². The van der Waals surface area contributed by atoms with Crippen LogP contribution in [0.2, 0.25) is 0 Å². The molecule has 3 rings (SSSR count). The lowest BCUT2D eigenvalue weighted by Crippen LogP contribution is -2.07. The van der Waals surface area contributed by atoms with Gasteiger partial charge in [0, 0.05) is 41.4 Å². The summed E-state index contributed by atoms with van der Waals surface area (Å²) in [5, 5.41) is 9.28. The zero-order chi connectivity index (χ0) is 15.5. The molecule has 1 N–H and O–H groups in total. The average Bonchev–Trinajstić information content (AvgIpc) is 2.96. The molecule has 0 aliphatic carbocycles. The minimum absolute atomic E-state index is 0.300. The number of imidazole rings is 1. The summed E-state index contributed by atoms with van der Waals surface area (Å²) in [6.07, 6.45) is 6.96. The number of carboxylic acids is 1. The van der Waals surface area contributed by atoms with Crippen LogP contribution in [0, 0.1) is 0 Å². The van der Waals surface area contributed by atoms with Crippen molar-refractivity contribution in [2.24, 2.45) is 0 Å². The predicted molar refractivity (Wildman–Crippen MR) is 85.7 cm³/mol. The Hall–Kier alpha value is -2.47. The molecule has 0 spiro atoms. The van der Waals surface area contributed by atoms with Crippen LogP contribution in [0.25, 0.3) is 11.4 Å². The Morgan fingerprint density at radius 3 is 2.86 bits per heavy atom.